The van der Waals surface area contributed by atoms with E-state index in [0.717, 1.165) is 5.56 Å². The van der Waals surface area contributed by atoms with Gasteiger partial charge in [-0.3, -0.25) is 0 Å². The van der Waals surface area contributed by atoms with Gasteiger partial charge in [0.05, 0.1) is 0 Å². The van der Waals surface area contributed by atoms with E-state index in [1.165, 1.54) is 12.1 Å². The minimum atomic E-state index is -4.28. The molecule has 0 aliphatic carbocycles. The highest BCUT2D eigenvalue weighted by Gasteiger charge is 2.27. The van der Waals surface area contributed by atoms with E-state index in [2.05, 4.69) is 10.1 Å². The Hall–Kier alpha value is -1.14. The lowest BCUT2D eigenvalue weighted by atomic mass is 9.94. The van der Waals surface area contributed by atoms with Crippen LogP contribution in [0.5, 0.6) is 0 Å². The van der Waals surface area contributed by atoms with Crippen molar-refractivity contribution in [3.05, 3.63) is 35.6 Å². The molecule has 1 aromatic carbocycles. The summed E-state index contributed by atoms with van der Waals surface area (Å²) in [5.41, 5.74) is 0.969. The molecule has 20 heavy (non-hydrogen) atoms. The van der Waals surface area contributed by atoms with Crippen LogP contribution < -0.4 is 5.32 Å². The largest absolute Gasteiger partial charge is 0.411 e. The molecule has 6 heteroatoms. The highest BCUT2D eigenvalue weighted by atomic mass is 19.4. The maximum atomic E-state index is 12.9. The first-order chi connectivity index (χ1) is 9.42. The Morgan fingerprint density at radius 2 is 1.85 bits per heavy atom. The average molecular weight is 293 g/mol. The molecule has 0 fully saturated rings. The van der Waals surface area contributed by atoms with Gasteiger partial charge in [-0.2, -0.15) is 13.2 Å². The smallest absolute Gasteiger partial charge is 0.372 e. The number of benzene rings is 1. The zero-order valence-corrected chi connectivity index (χ0v) is 11.3. The first kappa shape index (κ1) is 16.9. The minimum absolute atomic E-state index is 0.0704. The summed E-state index contributed by atoms with van der Waals surface area (Å²) in [6.07, 6.45) is -3.06. The molecule has 0 bridgehead atoms. The second-order valence-electron chi connectivity index (χ2n) is 4.62. The van der Waals surface area contributed by atoms with Gasteiger partial charge in [0.25, 0.3) is 0 Å². The van der Waals surface area contributed by atoms with Crippen LogP contribution in [0, 0.1) is 5.82 Å². The zero-order valence-electron chi connectivity index (χ0n) is 11.3. The zero-order chi connectivity index (χ0) is 15.0. The lowest BCUT2D eigenvalue weighted by Gasteiger charge is -2.17. The number of halogens is 4. The molecule has 2 nitrogen and oxygen atoms in total. The van der Waals surface area contributed by atoms with E-state index in [1.807, 2.05) is 0 Å². The SMILES string of the molecule is CNCC(CCCOCC(F)(F)F)c1ccc(F)cc1. The lowest BCUT2D eigenvalue weighted by molar-refractivity contribution is -0.174. The van der Waals surface area contributed by atoms with Crippen LogP contribution in [0.3, 0.4) is 0 Å². The van der Waals surface area contributed by atoms with E-state index < -0.39 is 12.8 Å². The topological polar surface area (TPSA) is 21.3 Å². The normalized spacial score (nSPS) is 13.4. The molecule has 1 unspecified atom stereocenters. The molecule has 114 valence electrons. The van der Waals surface area contributed by atoms with Crippen molar-refractivity contribution in [2.45, 2.75) is 24.9 Å². The Kier molecular flexibility index (Phi) is 6.95. The molecule has 0 heterocycles. The summed E-state index contributed by atoms with van der Waals surface area (Å²) in [4.78, 5) is 0. The minimum Gasteiger partial charge on any atom is -0.372 e. The molecule has 1 rings (SSSR count). The van der Waals surface area contributed by atoms with E-state index in [1.54, 1.807) is 19.2 Å². The van der Waals surface area contributed by atoms with Crippen LogP contribution in [0.4, 0.5) is 17.6 Å². The van der Waals surface area contributed by atoms with Gasteiger partial charge in [0.2, 0.25) is 0 Å². The third-order valence-electron chi connectivity index (χ3n) is 2.90. The van der Waals surface area contributed by atoms with Gasteiger partial charge < -0.3 is 10.1 Å². The predicted octanol–water partition coefficient (Wildman–Crippen LogP) is 3.49. The molecule has 1 N–H and O–H groups in total. The molecular weight excluding hydrogens is 274 g/mol. The van der Waals surface area contributed by atoms with E-state index in [0.29, 0.717) is 19.4 Å². The number of rotatable bonds is 8. The number of hydrogen-bond acceptors (Lipinski definition) is 2. The van der Waals surface area contributed by atoms with E-state index >= 15 is 0 Å². The van der Waals surface area contributed by atoms with Crippen molar-refractivity contribution in [1.82, 2.24) is 5.32 Å². The summed E-state index contributed by atoms with van der Waals surface area (Å²) in [5, 5.41) is 3.03. The van der Waals surface area contributed by atoms with Crippen LogP contribution in [0.1, 0.15) is 24.3 Å². The number of ether oxygens (including phenoxy) is 1. The summed E-state index contributed by atoms with van der Waals surface area (Å²) < 4.78 is 53.1. The highest BCUT2D eigenvalue weighted by Crippen LogP contribution is 2.21. The number of likely N-dealkylation sites (N-methyl/N-ethyl adjacent to an activating group) is 1. The highest BCUT2D eigenvalue weighted by molar-refractivity contribution is 5.20. The molecule has 0 aliphatic heterocycles. The van der Waals surface area contributed by atoms with Gasteiger partial charge in [-0.1, -0.05) is 12.1 Å². The molecule has 0 aromatic heterocycles. The number of hydrogen-bond donors (Lipinski definition) is 1. The van der Waals surface area contributed by atoms with Gasteiger partial charge in [-0.15, -0.1) is 0 Å². The van der Waals surface area contributed by atoms with Crippen molar-refractivity contribution in [3.63, 3.8) is 0 Å². The second-order valence-corrected chi connectivity index (χ2v) is 4.62. The Morgan fingerprint density at radius 3 is 2.40 bits per heavy atom. The van der Waals surface area contributed by atoms with Gasteiger partial charge >= 0.3 is 6.18 Å². The van der Waals surface area contributed by atoms with Crippen molar-refractivity contribution in [2.75, 3.05) is 26.8 Å². The van der Waals surface area contributed by atoms with E-state index in [-0.39, 0.29) is 18.3 Å². The number of nitrogens with one attached hydrogen (secondary N) is 1. The third kappa shape index (κ3) is 6.86. The maximum absolute atomic E-state index is 12.9. The van der Waals surface area contributed by atoms with Crippen LogP contribution in [-0.4, -0.2) is 33.0 Å². The Balaban J connectivity index is 2.38. The standard InChI is InChI=1S/C14H19F4NO/c1-19-9-12(11-4-6-13(15)7-5-11)3-2-8-20-10-14(16,17)18/h4-7,12,19H,2-3,8-10H2,1H3. The van der Waals surface area contributed by atoms with Gasteiger partial charge in [-0.05, 0) is 43.5 Å². The van der Waals surface area contributed by atoms with Crippen molar-refractivity contribution >= 4 is 0 Å². The maximum Gasteiger partial charge on any atom is 0.411 e. The molecule has 0 amide bonds. The summed E-state index contributed by atoms with van der Waals surface area (Å²) in [7, 11) is 1.80. The second kappa shape index (κ2) is 8.21. The molecule has 0 radical (unpaired) electrons. The fourth-order valence-electron chi connectivity index (χ4n) is 1.99. The quantitative estimate of drug-likeness (QED) is 0.585. The lowest BCUT2D eigenvalue weighted by Crippen LogP contribution is -2.19. The Morgan fingerprint density at radius 1 is 1.20 bits per heavy atom. The average Bonchev–Trinajstić information content (AvgIpc) is 2.37. The number of alkyl halides is 3. The van der Waals surface area contributed by atoms with Crippen molar-refractivity contribution in [1.29, 1.82) is 0 Å². The summed E-state index contributed by atoms with van der Waals surface area (Å²) in [6.45, 7) is -0.452. The molecule has 0 saturated heterocycles. The summed E-state index contributed by atoms with van der Waals surface area (Å²) in [5.74, 6) is -0.166. The fraction of sp³-hybridized carbons (Fsp3) is 0.571. The fourth-order valence-corrected chi connectivity index (χ4v) is 1.99. The van der Waals surface area contributed by atoms with Crippen molar-refractivity contribution in [3.8, 4) is 0 Å². The predicted molar refractivity (Wildman–Crippen MR) is 69.2 cm³/mol. The Bertz CT molecular complexity index is 378. The molecule has 0 aliphatic rings. The summed E-state index contributed by atoms with van der Waals surface area (Å²) >= 11 is 0. The molecule has 1 aromatic rings. The molecule has 1 atom stereocenters. The molecule has 0 saturated carbocycles. The first-order valence-corrected chi connectivity index (χ1v) is 6.47. The van der Waals surface area contributed by atoms with E-state index in [9.17, 15) is 17.6 Å². The van der Waals surface area contributed by atoms with Crippen molar-refractivity contribution in [2.24, 2.45) is 0 Å². The van der Waals surface area contributed by atoms with Crippen LogP contribution >= 0.6 is 0 Å². The summed E-state index contributed by atoms with van der Waals surface area (Å²) in [6, 6.07) is 6.18. The van der Waals surface area contributed by atoms with Gasteiger partial charge in [0, 0.05) is 13.2 Å². The van der Waals surface area contributed by atoms with Crippen LogP contribution in [0.2, 0.25) is 0 Å². The van der Waals surface area contributed by atoms with Crippen LogP contribution in [0.25, 0.3) is 0 Å². The monoisotopic (exact) mass is 293 g/mol. The first-order valence-electron chi connectivity index (χ1n) is 6.47. The Labute approximate surface area is 116 Å². The van der Waals surface area contributed by atoms with Crippen LogP contribution in [0.15, 0.2) is 24.3 Å². The third-order valence-corrected chi connectivity index (χ3v) is 2.90. The van der Waals surface area contributed by atoms with Gasteiger partial charge in [-0.25, -0.2) is 4.39 Å². The molecular formula is C14H19F4NO. The van der Waals surface area contributed by atoms with Crippen molar-refractivity contribution < 1.29 is 22.3 Å². The van der Waals surface area contributed by atoms with Gasteiger partial charge in [0.1, 0.15) is 12.4 Å². The van der Waals surface area contributed by atoms with Gasteiger partial charge in [0.15, 0.2) is 0 Å². The van der Waals surface area contributed by atoms with Crippen LogP contribution in [-0.2, 0) is 4.74 Å². The van der Waals surface area contributed by atoms with E-state index in [4.69, 9.17) is 0 Å². The molecule has 0 spiro atoms.